The Bertz CT molecular complexity index is 1140. The maximum Gasteiger partial charge on any atom is 0.253 e. The first kappa shape index (κ1) is 23.3. The summed E-state index contributed by atoms with van der Waals surface area (Å²) in [6.45, 7) is 8.21. The Morgan fingerprint density at radius 2 is 1.68 bits per heavy atom. The van der Waals surface area contributed by atoms with Crippen molar-refractivity contribution >= 4 is 22.5 Å². The maximum absolute atomic E-state index is 13.0. The molecular formula is C25H28IN3O2. The van der Waals surface area contributed by atoms with Crippen LogP contribution in [0.5, 0.6) is 0 Å². The monoisotopic (exact) mass is 529 g/mol. The molecule has 1 aliphatic carbocycles. The van der Waals surface area contributed by atoms with Gasteiger partial charge in [0.15, 0.2) is 0 Å². The summed E-state index contributed by atoms with van der Waals surface area (Å²) in [5.74, 6) is -0.225. The van der Waals surface area contributed by atoms with Gasteiger partial charge < -0.3 is 33.8 Å². The number of nitrogens with one attached hydrogen (secondary N) is 1. The van der Waals surface area contributed by atoms with E-state index in [1.54, 1.807) is 6.20 Å². The molecule has 1 heterocycles. The Hall–Kier alpha value is -2.32. The van der Waals surface area contributed by atoms with Gasteiger partial charge in [-0.05, 0) is 30.4 Å². The van der Waals surface area contributed by atoms with Crippen LogP contribution >= 0.6 is 0 Å². The Morgan fingerprint density at radius 1 is 1.00 bits per heavy atom. The topological polar surface area (TPSA) is 59.1 Å². The second-order valence-corrected chi connectivity index (χ2v) is 8.21. The highest BCUT2D eigenvalue weighted by Gasteiger charge is 2.27. The van der Waals surface area contributed by atoms with E-state index in [0.717, 1.165) is 52.4 Å². The van der Waals surface area contributed by atoms with Crippen LogP contribution in [0.4, 0.5) is 0 Å². The van der Waals surface area contributed by atoms with Crippen molar-refractivity contribution in [2.45, 2.75) is 20.3 Å². The van der Waals surface area contributed by atoms with Crippen molar-refractivity contribution in [2.24, 2.45) is 0 Å². The SMILES string of the molecule is CC[N+](C)(CC)CCCNC(=O)c1cnc2c3c(cccc13)-c1ccccc1C2=O.[I-]. The molecule has 1 aliphatic rings. The van der Waals surface area contributed by atoms with E-state index in [-0.39, 0.29) is 35.7 Å². The Kier molecular flexibility index (Phi) is 7.11. The average Bonchev–Trinajstić information content (AvgIpc) is 2.79. The van der Waals surface area contributed by atoms with Crippen LogP contribution in [0.1, 0.15) is 46.7 Å². The third kappa shape index (κ3) is 4.23. The number of hydrogen-bond donors (Lipinski definition) is 1. The highest BCUT2D eigenvalue weighted by molar-refractivity contribution is 6.26. The van der Waals surface area contributed by atoms with Crippen LogP contribution in [-0.4, -0.2) is 54.4 Å². The van der Waals surface area contributed by atoms with Gasteiger partial charge in [0.2, 0.25) is 5.78 Å². The molecule has 1 N–H and O–H groups in total. The van der Waals surface area contributed by atoms with Gasteiger partial charge in [-0.25, -0.2) is 0 Å². The lowest BCUT2D eigenvalue weighted by Gasteiger charge is -2.32. The number of aromatic nitrogens is 1. The summed E-state index contributed by atoms with van der Waals surface area (Å²) in [5, 5.41) is 4.59. The Labute approximate surface area is 200 Å². The van der Waals surface area contributed by atoms with Gasteiger partial charge in [0.05, 0.1) is 32.2 Å². The molecule has 0 bridgehead atoms. The fourth-order valence-electron chi connectivity index (χ4n) is 4.21. The molecular weight excluding hydrogens is 501 g/mol. The van der Waals surface area contributed by atoms with Gasteiger partial charge in [-0.2, -0.15) is 0 Å². The predicted molar refractivity (Wildman–Crippen MR) is 120 cm³/mol. The highest BCUT2D eigenvalue weighted by Crippen LogP contribution is 2.39. The standard InChI is InChI=1S/C25H27N3O2.HI/c1-4-28(3,5-2)15-9-14-26-25(30)21-16-27-23-22-18(12-8-13-19(21)22)17-10-6-7-11-20(17)24(23)29;/h6-8,10-13,16H,4-5,9,14-15H2,1-3H3;1H. The third-order valence-corrected chi connectivity index (χ3v) is 6.52. The Balaban J connectivity index is 0.00000272. The van der Waals surface area contributed by atoms with Crippen molar-refractivity contribution in [2.75, 3.05) is 33.2 Å². The van der Waals surface area contributed by atoms with Crippen molar-refractivity contribution in [3.8, 4) is 11.1 Å². The molecule has 162 valence electrons. The van der Waals surface area contributed by atoms with Crippen molar-refractivity contribution in [1.29, 1.82) is 0 Å². The van der Waals surface area contributed by atoms with Crippen molar-refractivity contribution < 1.29 is 38.0 Å². The van der Waals surface area contributed by atoms with Crippen molar-refractivity contribution in [3.05, 3.63) is 65.5 Å². The number of hydrogen-bond acceptors (Lipinski definition) is 3. The van der Waals surface area contributed by atoms with E-state index in [0.29, 0.717) is 23.4 Å². The van der Waals surface area contributed by atoms with Crippen LogP contribution in [0.3, 0.4) is 0 Å². The van der Waals surface area contributed by atoms with Crippen LogP contribution in [0.25, 0.3) is 21.9 Å². The fraction of sp³-hybridized carbons (Fsp3) is 0.320. The molecule has 4 rings (SSSR count). The minimum absolute atomic E-state index is 0. The lowest BCUT2D eigenvalue weighted by molar-refractivity contribution is -0.906. The van der Waals surface area contributed by atoms with E-state index in [1.807, 2.05) is 42.5 Å². The molecule has 2 aromatic carbocycles. The van der Waals surface area contributed by atoms with Crippen LogP contribution in [-0.2, 0) is 0 Å². The van der Waals surface area contributed by atoms with Gasteiger partial charge in [-0.15, -0.1) is 0 Å². The Morgan fingerprint density at radius 3 is 2.39 bits per heavy atom. The van der Waals surface area contributed by atoms with Crippen molar-refractivity contribution in [1.82, 2.24) is 10.3 Å². The molecule has 0 radical (unpaired) electrons. The van der Waals surface area contributed by atoms with Crippen molar-refractivity contribution in [3.63, 3.8) is 0 Å². The summed E-state index contributed by atoms with van der Waals surface area (Å²) in [7, 11) is 2.24. The smallest absolute Gasteiger partial charge is 0.253 e. The number of carbonyl (C=O) groups excluding carboxylic acids is 2. The maximum atomic E-state index is 13.0. The van der Waals surface area contributed by atoms with Gasteiger partial charge in [0, 0.05) is 30.1 Å². The molecule has 0 fully saturated rings. The second kappa shape index (κ2) is 9.44. The number of amides is 1. The molecule has 1 amide bonds. The zero-order valence-electron chi connectivity index (χ0n) is 18.2. The molecule has 5 nitrogen and oxygen atoms in total. The highest BCUT2D eigenvalue weighted by atomic mass is 127. The first-order valence-electron chi connectivity index (χ1n) is 10.7. The number of rotatable bonds is 7. The van der Waals surface area contributed by atoms with Crippen LogP contribution < -0.4 is 29.3 Å². The molecule has 31 heavy (non-hydrogen) atoms. The number of quaternary nitrogens is 1. The molecule has 0 spiro atoms. The average molecular weight is 529 g/mol. The first-order valence-corrected chi connectivity index (χ1v) is 10.7. The van der Waals surface area contributed by atoms with E-state index < -0.39 is 0 Å². The minimum Gasteiger partial charge on any atom is -1.00 e. The summed E-state index contributed by atoms with van der Waals surface area (Å²) in [6, 6.07) is 13.4. The van der Waals surface area contributed by atoms with E-state index in [9.17, 15) is 9.59 Å². The second-order valence-electron chi connectivity index (χ2n) is 8.21. The zero-order chi connectivity index (χ0) is 21.3. The number of carbonyl (C=O) groups is 2. The van der Waals surface area contributed by atoms with E-state index >= 15 is 0 Å². The summed E-state index contributed by atoms with van der Waals surface area (Å²) in [5.41, 5.74) is 3.46. The predicted octanol–water partition coefficient (Wildman–Crippen LogP) is 1.06. The molecule has 0 saturated heterocycles. The molecule has 3 aromatic rings. The molecule has 6 heteroatoms. The van der Waals surface area contributed by atoms with Gasteiger partial charge in [0.25, 0.3) is 5.91 Å². The summed E-state index contributed by atoms with van der Waals surface area (Å²) < 4.78 is 1.000. The normalized spacial score (nSPS) is 12.3. The van der Waals surface area contributed by atoms with Crippen LogP contribution in [0.15, 0.2) is 48.7 Å². The molecule has 0 aliphatic heterocycles. The van der Waals surface area contributed by atoms with Gasteiger partial charge >= 0.3 is 0 Å². The summed E-state index contributed by atoms with van der Waals surface area (Å²) in [4.78, 5) is 30.3. The number of fused-ring (bicyclic) bond motifs is 2. The van der Waals surface area contributed by atoms with E-state index in [2.05, 4.69) is 31.2 Å². The number of halogens is 1. The summed E-state index contributed by atoms with van der Waals surface area (Å²) in [6.07, 6.45) is 2.46. The van der Waals surface area contributed by atoms with Crippen LogP contribution in [0.2, 0.25) is 0 Å². The third-order valence-electron chi connectivity index (χ3n) is 6.52. The lowest BCUT2D eigenvalue weighted by Crippen LogP contribution is -3.00. The summed E-state index contributed by atoms with van der Waals surface area (Å²) >= 11 is 0. The van der Waals surface area contributed by atoms with E-state index in [4.69, 9.17) is 0 Å². The zero-order valence-corrected chi connectivity index (χ0v) is 20.4. The van der Waals surface area contributed by atoms with Gasteiger partial charge in [0.1, 0.15) is 5.69 Å². The molecule has 1 aromatic heterocycles. The van der Waals surface area contributed by atoms with Crippen LogP contribution in [0, 0.1) is 0 Å². The largest absolute Gasteiger partial charge is 1.00 e. The quantitative estimate of drug-likeness (QED) is 0.221. The molecule has 0 unspecified atom stereocenters. The van der Waals surface area contributed by atoms with Gasteiger partial charge in [-0.3, -0.25) is 14.6 Å². The van der Waals surface area contributed by atoms with E-state index in [1.165, 1.54) is 0 Å². The fourth-order valence-corrected chi connectivity index (χ4v) is 4.21. The molecule has 0 atom stereocenters. The van der Waals surface area contributed by atoms with Gasteiger partial charge in [-0.1, -0.05) is 42.5 Å². The number of ketones is 1. The first-order chi connectivity index (χ1) is 14.5. The number of benzene rings is 2. The number of pyridine rings is 1. The number of nitrogens with zero attached hydrogens (tertiary/aromatic N) is 2. The minimum atomic E-state index is -0.139. The molecule has 0 saturated carbocycles. The lowest BCUT2D eigenvalue weighted by atomic mass is 9.84.